The summed E-state index contributed by atoms with van der Waals surface area (Å²) in [5.41, 5.74) is 1.20. The summed E-state index contributed by atoms with van der Waals surface area (Å²) in [5, 5.41) is 14.3. The first-order chi connectivity index (χ1) is 11.1. The maximum atomic E-state index is 12.7. The Labute approximate surface area is 147 Å². The molecule has 2 fully saturated rings. The van der Waals surface area contributed by atoms with E-state index in [4.69, 9.17) is 0 Å². The summed E-state index contributed by atoms with van der Waals surface area (Å²) in [4.78, 5) is 27.5. The largest absolute Gasteiger partial charge is 0.337 e. The monoisotopic (exact) mass is 354 g/mol. The Kier molecular flexibility index (Phi) is 6.15. The molecule has 1 atom stereocenters. The zero-order valence-electron chi connectivity index (χ0n) is 13.7. The number of rotatable bonds is 3. The molecule has 1 aromatic rings. The molecular weight excluding hydrogens is 332 g/mol. The van der Waals surface area contributed by atoms with Crippen molar-refractivity contribution in [2.24, 2.45) is 0 Å². The molecular formula is C16H23ClN4O3. The molecule has 8 heteroatoms. The van der Waals surface area contributed by atoms with Gasteiger partial charge in [0.05, 0.1) is 4.92 Å². The third-order valence-electron chi connectivity index (χ3n) is 4.78. The highest BCUT2D eigenvalue weighted by molar-refractivity contribution is 5.96. The molecule has 1 amide bonds. The quantitative estimate of drug-likeness (QED) is 0.656. The molecule has 0 spiro atoms. The Bertz CT molecular complexity index is 619. The number of carbonyl (C=O) groups excluding carboxylic acids is 1. The molecule has 2 aliphatic rings. The second kappa shape index (κ2) is 7.92. The van der Waals surface area contributed by atoms with E-state index >= 15 is 0 Å². The number of nitro groups is 1. The summed E-state index contributed by atoms with van der Waals surface area (Å²) in [5.74, 6) is -0.0937. The minimum absolute atomic E-state index is 0. The van der Waals surface area contributed by atoms with Gasteiger partial charge in [-0.15, -0.1) is 12.4 Å². The Morgan fingerprint density at radius 2 is 2.00 bits per heavy atom. The van der Waals surface area contributed by atoms with Crippen molar-refractivity contribution in [1.29, 1.82) is 0 Å². The number of aryl methyl sites for hydroxylation is 1. The fourth-order valence-electron chi connectivity index (χ4n) is 3.40. The van der Waals surface area contributed by atoms with E-state index < -0.39 is 4.92 Å². The van der Waals surface area contributed by atoms with Crippen molar-refractivity contribution in [3.8, 4) is 0 Å². The third kappa shape index (κ3) is 3.85. The molecule has 1 N–H and O–H groups in total. The topological polar surface area (TPSA) is 78.7 Å². The average molecular weight is 355 g/mol. The highest BCUT2D eigenvalue weighted by Crippen LogP contribution is 2.23. The van der Waals surface area contributed by atoms with Crippen LogP contribution in [0.2, 0.25) is 0 Å². The summed E-state index contributed by atoms with van der Waals surface area (Å²) in [7, 11) is 0. The van der Waals surface area contributed by atoms with Crippen LogP contribution in [0.3, 0.4) is 0 Å². The van der Waals surface area contributed by atoms with Crippen molar-refractivity contribution < 1.29 is 9.72 Å². The van der Waals surface area contributed by atoms with Crippen molar-refractivity contribution in [2.45, 2.75) is 19.4 Å². The first-order valence-corrected chi connectivity index (χ1v) is 8.05. The van der Waals surface area contributed by atoms with E-state index in [1.54, 1.807) is 6.07 Å². The second-order valence-electron chi connectivity index (χ2n) is 6.24. The standard InChI is InChI=1S/C16H22N4O3.ClH/c1-12-2-3-13(20(22)23)10-15(12)16(21)19-7-4-14(11-19)18-8-5-17-6-9-18;/h2-3,10,14,17H,4-9,11H2,1H3;1H. The lowest BCUT2D eigenvalue weighted by atomic mass is 10.1. The number of non-ortho nitro benzene ring substituents is 1. The minimum Gasteiger partial charge on any atom is -0.337 e. The molecule has 7 nitrogen and oxygen atoms in total. The molecule has 2 heterocycles. The molecule has 1 unspecified atom stereocenters. The molecule has 0 saturated carbocycles. The van der Waals surface area contributed by atoms with Gasteiger partial charge in [-0.25, -0.2) is 0 Å². The highest BCUT2D eigenvalue weighted by Gasteiger charge is 2.32. The molecule has 0 bridgehead atoms. The SMILES string of the molecule is Cc1ccc([N+](=O)[O-])cc1C(=O)N1CCC(N2CCNCC2)C1.Cl. The van der Waals surface area contributed by atoms with Gasteiger partial charge in [0, 0.05) is 63.0 Å². The molecule has 24 heavy (non-hydrogen) atoms. The van der Waals surface area contributed by atoms with E-state index in [9.17, 15) is 14.9 Å². The van der Waals surface area contributed by atoms with Gasteiger partial charge in [-0.1, -0.05) is 6.07 Å². The van der Waals surface area contributed by atoms with E-state index in [0.717, 1.165) is 44.7 Å². The van der Waals surface area contributed by atoms with Gasteiger partial charge in [-0.3, -0.25) is 19.8 Å². The van der Waals surface area contributed by atoms with Gasteiger partial charge in [0.15, 0.2) is 0 Å². The number of likely N-dealkylation sites (tertiary alicyclic amines) is 1. The maximum absolute atomic E-state index is 12.7. The van der Waals surface area contributed by atoms with E-state index in [1.807, 2.05) is 11.8 Å². The van der Waals surface area contributed by atoms with Crippen LogP contribution >= 0.6 is 12.4 Å². The first-order valence-electron chi connectivity index (χ1n) is 8.05. The van der Waals surface area contributed by atoms with Crippen LogP contribution < -0.4 is 5.32 Å². The number of nitrogens with one attached hydrogen (secondary N) is 1. The fourth-order valence-corrected chi connectivity index (χ4v) is 3.40. The number of piperazine rings is 1. The normalized spacial score (nSPS) is 21.4. The lowest BCUT2D eigenvalue weighted by Gasteiger charge is -2.32. The Balaban J connectivity index is 0.00000208. The van der Waals surface area contributed by atoms with E-state index in [0.29, 0.717) is 18.2 Å². The van der Waals surface area contributed by atoms with Crippen LogP contribution in [0.1, 0.15) is 22.3 Å². The van der Waals surface area contributed by atoms with Gasteiger partial charge in [0.2, 0.25) is 0 Å². The number of benzene rings is 1. The van der Waals surface area contributed by atoms with Crippen molar-refractivity contribution in [3.63, 3.8) is 0 Å². The van der Waals surface area contributed by atoms with Gasteiger partial charge in [0.25, 0.3) is 11.6 Å². The lowest BCUT2D eigenvalue weighted by Crippen LogP contribution is -2.49. The van der Waals surface area contributed by atoms with Gasteiger partial charge in [0.1, 0.15) is 0 Å². The molecule has 0 aromatic heterocycles. The fraction of sp³-hybridized carbons (Fsp3) is 0.562. The molecule has 2 aliphatic heterocycles. The molecule has 0 aliphatic carbocycles. The van der Waals surface area contributed by atoms with Crippen LogP contribution in [0.25, 0.3) is 0 Å². The van der Waals surface area contributed by atoms with Crippen molar-refractivity contribution in [3.05, 3.63) is 39.4 Å². The molecule has 3 rings (SSSR count). The number of carbonyl (C=O) groups is 1. The van der Waals surface area contributed by atoms with Crippen LogP contribution in [-0.2, 0) is 0 Å². The highest BCUT2D eigenvalue weighted by atomic mass is 35.5. The molecule has 0 radical (unpaired) electrons. The number of nitrogens with zero attached hydrogens (tertiary/aromatic N) is 3. The Morgan fingerprint density at radius 1 is 1.29 bits per heavy atom. The summed E-state index contributed by atoms with van der Waals surface area (Å²) in [6.07, 6.45) is 0.972. The molecule has 1 aromatic carbocycles. The van der Waals surface area contributed by atoms with E-state index in [-0.39, 0.29) is 24.0 Å². The predicted molar refractivity (Wildman–Crippen MR) is 93.8 cm³/mol. The Hall–Kier alpha value is -1.70. The molecule has 132 valence electrons. The second-order valence-corrected chi connectivity index (χ2v) is 6.24. The van der Waals surface area contributed by atoms with Crippen LogP contribution in [0.4, 0.5) is 5.69 Å². The third-order valence-corrected chi connectivity index (χ3v) is 4.78. The van der Waals surface area contributed by atoms with Crippen molar-refractivity contribution in [1.82, 2.24) is 15.1 Å². The number of hydrogen-bond acceptors (Lipinski definition) is 5. The summed E-state index contributed by atoms with van der Waals surface area (Å²) >= 11 is 0. The summed E-state index contributed by atoms with van der Waals surface area (Å²) in [6, 6.07) is 4.89. The maximum Gasteiger partial charge on any atom is 0.270 e. The van der Waals surface area contributed by atoms with Gasteiger partial charge in [-0.2, -0.15) is 0 Å². The van der Waals surface area contributed by atoms with Crippen molar-refractivity contribution >= 4 is 24.0 Å². The van der Waals surface area contributed by atoms with Crippen LogP contribution in [0.5, 0.6) is 0 Å². The van der Waals surface area contributed by atoms with Gasteiger partial charge < -0.3 is 10.2 Å². The number of amides is 1. The minimum atomic E-state index is -0.455. The van der Waals surface area contributed by atoms with E-state index in [1.165, 1.54) is 12.1 Å². The summed E-state index contributed by atoms with van der Waals surface area (Å²) in [6.45, 7) is 7.27. The zero-order chi connectivity index (χ0) is 16.4. The van der Waals surface area contributed by atoms with Gasteiger partial charge in [-0.05, 0) is 18.9 Å². The van der Waals surface area contributed by atoms with Gasteiger partial charge >= 0.3 is 0 Å². The predicted octanol–water partition coefficient (Wildman–Crippen LogP) is 1.44. The first kappa shape index (κ1) is 18.6. The molecule has 2 saturated heterocycles. The van der Waals surface area contributed by atoms with Crippen LogP contribution in [0, 0.1) is 17.0 Å². The lowest BCUT2D eigenvalue weighted by molar-refractivity contribution is -0.384. The van der Waals surface area contributed by atoms with E-state index in [2.05, 4.69) is 10.2 Å². The Morgan fingerprint density at radius 3 is 2.67 bits per heavy atom. The summed E-state index contributed by atoms with van der Waals surface area (Å²) < 4.78 is 0. The average Bonchev–Trinajstić information content (AvgIpc) is 3.05. The van der Waals surface area contributed by atoms with Crippen molar-refractivity contribution in [2.75, 3.05) is 39.3 Å². The number of nitro benzene ring substituents is 1. The number of halogens is 1. The smallest absolute Gasteiger partial charge is 0.270 e. The van der Waals surface area contributed by atoms with Crippen LogP contribution in [-0.4, -0.2) is 65.9 Å². The number of hydrogen-bond donors (Lipinski definition) is 1. The van der Waals surface area contributed by atoms with Crippen LogP contribution in [0.15, 0.2) is 18.2 Å². The zero-order valence-corrected chi connectivity index (χ0v) is 14.6.